The molecule has 1 unspecified atom stereocenters. The molecule has 0 aromatic heterocycles. The minimum Gasteiger partial charge on any atom is -0.469 e. The van der Waals surface area contributed by atoms with E-state index in [4.69, 9.17) is 5.73 Å². The van der Waals surface area contributed by atoms with Crippen LogP contribution in [-0.2, 0) is 9.53 Å². The zero-order valence-corrected chi connectivity index (χ0v) is 10.3. The number of carbonyl (C=O) groups excluding carboxylic acids is 2. The number of ketones is 1. The molecule has 17 heavy (non-hydrogen) atoms. The van der Waals surface area contributed by atoms with Crippen LogP contribution in [0.5, 0.6) is 0 Å². The van der Waals surface area contributed by atoms with Crippen LogP contribution in [0.15, 0.2) is 18.2 Å². The van der Waals surface area contributed by atoms with Crippen molar-refractivity contribution < 1.29 is 14.3 Å². The maximum Gasteiger partial charge on any atom is 0.307 e. The van der Waals surface area contributed by atoms with Crippen LogP contribution in [0.25, 0.3) is 0 Å². The normalized spacial score (nSPS) is 12.0. The second kappa shape index (κ2) is 5.59. The molecular weight excluding hydrogens is 218 g/mol. The summed E-state index contributed by atoms with van der Waals surface area (Å²) >= 11 is 0. The van der Waals surface area contributed by atoms with Crippen LogP contribution < -0.4 is 5.73 Å². The van der Waals surface area contributed by atoms with Crippen molar-refractivity contribution in [1.29, 1.82) is 0 Å². The second-order valence-corrected chi connectivity index (χ2v) is 4.07. The van der Waals surface area contributed by atoms with Gasteiger partial charge in [0.05, 0.1) is 19.6 Å². The van der Waals surface area contributed by atoms with Crippen LogP contribution in [-0.4, -0.2) is 24.9 Å². The molecule has 0 aliphatic heterocycles. The molecule has 0 radical (unpaired) electrons. The molecule has 0 fully saturated rings. The third-order valence-electron chi connectivity index (χ3n) is 2.61. The third kappa shape index (κ3) is 3.39. The van der Waals surface area contributed by atoms with Crippen molar-refractivity contribution >= 4 is 11.8 Å². The summed E-state index contributed by atoms with van der Waals surface area (Å²) in [6.07, 6.45) is -0.0945. The van der Waals surface area contributed by atoms with E-state index < -0.39 is 12.0 Å². The number of aryl methyl sites for hydroxylation is 2. The number of rotatable bonds is 4. The lowest BCUT2D eigenvalue weighted by atomic mass is 9.96. The van der Waals surface area contributed by atoms with Gasteiger partial charge in [-0.2, -0.15) is 0 Å². The van der Waals surface area contributed by atoms with Crippen molar-refractivity contribution in [3.05, 3.63) is 34.9 Å². The van der Waals surface area contributed by atoms with E-state index in [1.165, 1.54) is 7.11 Å². The van der Waals surface area contributed by atoms with Crippen LogP contribution in [0.2, 0.25) is 0 Å². The minimum absolute atomic E-state index is 0.0945. The number of Topliss-reactive ketones (excluding diaryl/α,β-unsaturated/α-hetero) is 1. The van der Waals surface area contributed by atoms with Crippen LogP contribution in [0.3, 0.4) is 0 Å². The number of hydrogen-bond donors (Lipinski definition) is 1. The monoisotopic (exact) mass is 235 g/mol. The lowest BCUT2D eigenvalue weighted by Crippen LogP contribution is -2.33. The summed E-state index contributed by atoms with van der Waals surface area (Å²) in [7, 11) is 1.28. The molecule has 4 heteroatoms. The highest BCUT2D eigenvalue weighted by atomic mass is 16.5. The van der Waals surface area contributed by atoms with E-state index in [1.807, 2.05) is 26.0 Å². The van der Waals surface area contributed by atoms with Crippen molar-refractivity contribution in [3.63, 3.8) is 0 Å². The summed E-state index contributed by atoms with van der Waals surface area (Å²) in [5.74, 6) is -0.701. The SMILES string of the molecule is COC(=O)CC(N)C(=O)c1cc(C)ccc1C. The highest BCUT2D eigenvalue weighted by Crippen LogP contribution is 2.13. The van der Waals surface area contributed by atoms with Crippen molar-refractivity contribution in [2.45, 2.75) is 26.3 Å². The van der Waals surface area contributed by atoms with Gasteiger partial charge in [0.15, 0.2) is 5.78 Å². The molecule has 0 heterocycles. The number of ether oxygens (including phenoxy) is 1. The Morgan fingerprint density at radius 1 is 1.35 bits per heavy atom. The van der Waals surface area contributed by atoms with Crippen LogP contribution >= 0.6 is 0 Å². The van der Waals surface area contributed by atoms with E-state index in [0.29, 0.717) is 5.56 Å². The standard InChI is InChI=1S/C13H17NO3/c1-8-4-5-9(2)10(6-8)13(16)11(14)7-12(15)17-3/h4-6,11H,7,14H2,1-3H3. The largest absolute Gasteiger partial charge is 0.469 e. The quantitative estimate of drug-likeness (QED) is 0.632. The van der Waals surface area contributed by atoms with E-state index in [9.17, 15) is 9.59 Å². The first-order chi connectivity index (χ1) is 7.95. The van der Waals surface area contributed by atoms with E-state index >= 15 is 0 Å². The summed E-state index contributed by atoms with van der Waals surface area (Å²) in [6.45, 7) is 3.75. The summed E-state index contributed by atoms with van der Waals surface area (Å²) in [5.41, 5.74) is 8.12. The first kappa shape index (κ1) is 13.4. The van der Waals surface area contributed by atoms with Crippen LogP contribution in [0, 0.1) is 13.8 Å². The third-order valence-corrected chi connectivity index (χ3v) is 2.61. The molecule has 0 aliphatic carbocycles. The number of carbonyl (C=O) groups is 2. The van der Waals surface area contributed by atoms with E-state index in [0.717, 1.165) is 11.1 Å². The van der Waals surface area contributed by atoms with E-state index in [1.54, 1.807) is 6.07 Å². The van der Waals surface area contributed by atoms with Crippen LogP contribution in [0.1, 0.15) is 27.9 Å². The van der Waals surface area contributed by atoms with Crippen molar-refractivity contribution in [2.24, 2.45) is 5.73 Å². The number of esters is 1. The number of hydrogen-bond acceptors (Lipinski definition) is 4. The lowest BCUT2D eigenvalue weighted by Gasteiger charge is -2.11. The number of benzene rings is 1. The zero-order chi connectivity index (χ0) is 13.0. The van der Waals surface area contributed by atoms with Gasteiger partial charge in [0.2, 0.25) is 0 Å². The maximum absolute atomic E-state index is 12.0. The van der Waals surface area contributed by atoms with Gasteiger partial charge in [-0.3, -0.25) is 9.59 Å². The minimum atomic E-state index is -0.844. The molecule has 0 bridgehead atoms. The fourth-order valence-electron chi connectivity index (χ4n) is 1.56. The van der Waals surface area contributed by atoms with Gasteiger partial charge in [-0.05, 0) is 25.5 Å². The smallest absolute Gasteiger partial charge is 0.307 e. The summed E-state index contributed by atoms with van der Waals surface area (Å²) in [6, 6.07) is 4.74. The Balaban J connectivity index is 2.88. The molecule has 0 saturated carbocycles. The molecule has 1 rings (SSSR count). The topological polar surface area (TPSA) is 69.4 Å². The van der Waals surface area contributed by atoms with Crippen molar-refractivity contribution in [1.82, 2.24) is 0 Å². The summed E-state index contributed by atoms with van der Waals surface area (Å²) in [5, 5.41) is 0. The van der Waals surface area contributed by atoms with Gasteiger partial charge in [0.1, 0.15) is 0 Å². The predicted molar refractivity (Wildman–Crippen MR) is 64.9 cm³/mol. The summed E-state index contributed by atoms with van der Waals surface area (Å²) < 4.78 is 4.49. The average molecular weight is 235 g/mol. The molecule has 0 spiro atoms. The van der Waals surface area contributed by atoms with Crippen molar-refractivity contribution in [2.75, 3.05) is 7.11 Å². The highest BCUT2D eigenvalue weighted by Gasteiger charge is 2.20. The van der Waals surface area contributed by atoms with Crippen molar-refractivity contribution in [3.8, 4) is 0 Å². The zero-order valence-electron chi connectivity index (χ0n) is 10.3. The fourth-order valence-corrected chi connectivity index (χ4v) is 1.56. The first-order valence-electron chi connectivity index (χ1n) is 5.39. The number of methoxy groups -OCH3 is 1. The van der Waals surface area contributed by atoms with Crippen LogP contribution in [0.4, 0.5) is 0 Å². The van der Waals surface area contributed by atoms with Gasteiger partial charge in [-0.25, -0.2) is 0 Å². The van der Waals surface area contributed by atoms with E-state index in [2.05, 4.69) is 4.74 Å². The Hall–Kier alpha value is -1.68. The molecule has 1 aromatic carbocycles. The Morgan fingerprint density at radius 2 is 2.00 bits per heavy atom. The number of nitrogens with two attached hydrogens (primary N) is 1. The highest BCUT2D eigenvalue weighted by molar-refractivity contribution is 6.02. The molecular formula is C13H17NO3. The Kier molecular flexibility index (Phi) is 4.40. The van der Waals surface area contributed by atoms with Gasteiger partial charge in [-0.15, -0.1) is 0 Å². The first-order valence-corrected chi connectivity index (χ1v) is 5.39. The molecule has 0 aliphatic rings. The average Bonchev–Trinajstić information content (AvgIpc) is 2.31. The molecule has 92 valence electrons. The molecule has 2 N–H and O–H groups in total. The van der Waals surface area contributed by atoms with Gasteiger partial charge in [0.25, 0.3) is 0 Å². The Labute approximate surface area is 101 Å². The van der Waals surface area contributed by atoms with Gasteiger partial charge in [-0.1, -0.05) is 17.7 Å². The molecule has 0 amide bonds. The fraction of sp³-hybridized carbons (Fsp3) is 0.385. The summed E-state index contributed by atoms with van der Waals surface area (Å²) in [4.78, 5) is 23.1. The Bertz CT molecular complexity index is 440. The maximum atomic E-state index is 12.0. The second-order valence-electron chi connectivity index (χ2n) is 4.07. The van der Waals surface area contributed by atoms with E-state index in [-0.39, 0.29) is 12.2 Å². The Morgan fingerprint density at radius 3 is 2.59 bits per heavy atom. The molecule has 0 saturated heterocycles. The predicted octanol–water partition coefficient (Wildman–Crippen LogP) is 1.38. The van der Waals surface area contributed by atoms with Gasteiger partial charge in [0, 0.05) is 5.56 Å². The molecule has 4 nitrogen and oxygen atoms in total. The molecule has 1 atom stereocenters. The van der Waals surface area contributed by atoms with Gasteiger partial charge >= 0.3 is 5.97 Å². The molecule has 1 aromatic rings. The lowest BCUT2D eigenvalue weighted by molar-refractivity contribution is -0.140. The van der Waals surface area contributed by atoms with Gasteiger partial charge < -0.3 is 10.5 Å².